The SMILES string of the molecule is CC1=CCC(c2ccccc2)=NN1S(=O)(=O)c1ccccc1. The highest BCUT2D eigenvalue weighted by Crippen LogP contribution is 2.25. The van der Waals surface area contributed by atoms with Gasteiger partial charge in [0.25, 0.3) is 10.0 Å². The van der Waals surface area contributed by atoms with Crippen molar-refractivity contribution in [3.63, 3.8) is 0 Å². The largest absolute Gasteiger partial charge is 0.283 e. The third-order valence-corrected chi connectivity index (χ3v) is 5.17. The maximum atomic E-state index is 12.8. The van der Waals surface area contributed by atoms with Gasteiger partial charge in [0, 0.05) is 12.1 Å². The maximum absolute atomic E-state index is 12.8. The molecule has 0 amide bonds. The quantitative estimate of drug-likeness (QED) is 0.872. The van der Waals surface area contributed by atoms with Crippen LogP contribution in [0.1, 0.15) is 18.9 Å². The van der Waals surface area contributed by atoms with E-state index in [4.69, 9.17) is 0 Å². The van der Waals surface area contributed by atoms with E-state index in [-0.39, 0.29) is 4.90 Å². The number of rotatable bonds is 3. The van der Waals surface area contributed by atoms with E-state index in [1.165, 1.54) is 0 Å². The second-order valence-corrected chi connectivity index (χ2v) is 6.79. The molecule has 3 rings (SSSR count). The molecule has 0 aromatic heterocycles. The Morgan fingerprint density at radius 1 is 0.955 bits per heavy atom. The van der Waals surface area contributed by atoms with E-state index in [9.17, 15) is 8.42 Å². The number of hydrazone groups is 1. The highest BCUT2D eigenvalue weighted by molar-refractivity contribution is 7.89. The number of nitrogens with zero attached hydrogens (tertiary/aromatic N) is 2. The average molecular weight is 312 g/mol. The van der Waals surface area contributed by atoms with E-state index in [1.807, 2.05) is 36.4 Å². The first-order valence-electron chi connectivity index (χ1n) is 6.99. The Kier molecular flexibility index (Phi) is 3.81. The highest BCUT2D eigenvalue weighted by Gasteiger charge is 2.27. The second-order valence-electron chi connectivity index (χ2n) is 5.02. The maximum Gasteiger partial charge on any atom is 0.283 e. The van der Waals surface area contributed by atoms with Crippen LogP contribution in [0.25, 0.3) is 0 Å². The van der Waals surface area contributed by atoms with Gasteiger partial charge >= 0.3 is 0 Å². The molecule has 0 N–H and O–H groups in total. The molecule has 0 spiro atoms. The van der Waals surface area contributed by atoms with Crippen molar-refractivity contribution in [1.29, 1.82) is 0 Å². The summed E-state index contributed by atoms with van der Waals surface area (Å²) in [7, 11) is -3.67. The molecule has 0 saturated carbocycles. The van der Waals surface area contributed by atoms with Crippen LogP contribution in [0.5, 0.6) is 0 Å². The fourth-order valence-corrected chi connectivity index (χ4v) is 3.65. The molecular formula is C17H16N2O2S. The zero-order chi connectivity index (χ0) is 15.6. The lowest BCUT2D eigenvalue weighted by molar-refractivity contribution is 0.489. The van der Waals surface area contributed by atoms with E-state index < -0.39 is 10.0 Å². The van der Waals surface area contributed by atoms with Crippen LogP contribution in [0, 0.1) is 0 Å². The van der Waals surface area contributed by atoms with Crippen LogP contribution in [0.2, 0.25) is 0 Å². The number of allylic oxidation sites excluding steroid dienone is 2. The fraction of sp³-hybridized carbons (Fsp3) is 0.118. The number of sulfonamides is 1. The van der Waals surface area contributed by atoms with Gasteiger partial charge < -0.3 is 0 Å². The summed E-state index contributed by atoms with van der Waals surface area (Å²) < 4.78 is 26.6. The van der Waals surface area contributed by atoms with Gasteiger partial charge in [0.1, 0.15) is 0 Å². The first kappa shape index (κ1) is 14.5. The highest BCUT2D eigenvalue weighted by atomic mass is 32.2. The lowest BCUT2D eigenvalue weighted by Gasteiger charge is -2.24. The van der Waals surface area contributed by atoms with Crippen LogP contribution in [0.3, 0.4) is 0 Å². The molecule has 2 aromatic rings. The van der Waals surface area contributed by atoms with E-state index in [2.05, 4.69) is 5.10 Å². The Morgan fingerprint density at radius 3 is 2.18 bits per heavy atom. The summed E-state index contributed by atoms with van der Waals surface area (Å²) in [4.78, 5) is 0.237. The molecule has 1 aliphatic rings. The topological polar surface area (TPSA) is 49.7 Å². The van der Waals surface area contributed by atoms with Gasteiger partial charge in [-0.15, -0.1) is 0 Å². The van der Waals surface area contributed by atoms with Gasteiger partial charge in [0.05, 0.1) is 10.6 Å². The number of hydrogen-bond donors (Lipinski definition) is 0. The molecule has 0 radical (unpaired) electrons. The fourth-order valence-electron chi connectivity index (χ4n) is 2.29. The Labute approximate surface area is 130 Å². The van der Waals surface area contributed by atoms with Gasteiger partial charge in [-0.2, -0.15) is 17.9 Å². The van der Waals surface area contributed by atoms with Crippen LogP contribution in [-0.4, -0.2) is 18.5 Å². The molecule has 0 fully saturated rings. The third-order valence-electron chi connectivity index (χ3n) is 3.48. The minimum Gasteiger partial charge on any atom is -0.199 e. The summed E-state index contributed by atoms with van der Waals surface area (Å²) in [6, 6.07) is 18.0. The van der Waals surface area contributed by atoms with Crippen LogP contribution >= 0.6 is 0 Å². The first-order chi connectivity index (χ1) is 10.6. The summed E-state index contributed by atoms with van der Waals surface area (Å²) in [6.45, 7) is 1.76. The first-order valence-corrected chi connectivity index (χ1v) is 8.43. The van der Waals surface area contributed by atoms with Gasteiger partial charge in [0.15, 0.2) is 0 Å². The Morgan fingerprint density at radius 2 is 1.55 bits per heavy atom. The van der Waals surface area contributed by atoms with Gasteiger partial charge in [-0.25, -0.2) is 0 Å². The zero-order valence-electron chi connectivity index (χ0n) is 12.2. The molecule has 0 aliphatic carbocycles. The van der Waals surface area contributed by atoms with Crippen molar-refractivity contribution in [2.75, 3.05) is 0 Å². The standard InChI is InChI=1S/C17H16N2O2S/c1-14-12-13-17(15-8-4-2-5-9-15)18-19(14)22(20,21)16-10-6-3-7-11-16/h2-12H,13H2,1H3. The van der Waals surface area contributed by atoms with Crippen molar-refractivity contribution in [2.24, 2.45) is 5.10 Å². The van der Waals surface area contributed by atoms with E-state index in [1.54, 1.807) is 37.3 Å². The third kappa shape index (κ3) is 2.67. The summed E-state index contributed by atoms with van der Waals surface area (Å²) in [5, 5.41) is 4.37. The van der Waals surface area contributed by atoms with Crippen molar-refractivity contribution >= 4 is 15.7 Å². The molecule has 0 unspecified atom stereocenters. The lowest BCUT2D eigenvalue weighted by atomic mass is 10.1. The monoisotopic (exact) mass is 312 g/mol. The van der Waals surface area contributed by atoms with Crippen molar-refractivity contribution in [3.8, 4) is 0 Å². The molecule has 0 bridgehead atoms. The molecule has 1 aliphatic heterocycles. The van der Waals surface area contributed by atoms with E-state index >= 15 is 0 Å². The van der Waals surface area contributed by atoms with E-state index in [0.29, 0.717) is 12.1 Å². The minimum absolute atomic E-state index is 0.237. The number of benzene rings is 2. The molecule has 0 atom stereocenters. The zero-order valence-corrected chi connectivity index (χ0v) is 13.0. The van der Waals surface area contributed by atoms with Crippen molar-refractivity contribution in [3.05, 3.63) is 78.0 Å². The van der Waals surface area contributed by atoms with Crippen molar-refractivity contribution in [2.45, 2.75) is 18.2 Å². The normalized spacial score (nSPS) is 15.2. The van der Waals surface area contributed by atoms with Crippen LogP contribution < -0.4 is 0 Å². The molecular weight excluding hydrogens is 296 g/mol. The van der Waals surface area contributed by atoms with Crippen LogP contribution in [0.4, 0.5) is 0 Å². The van der Waals surface area contributed by atoms with Crippen LogP contribution in [-0.2, 0) is 10.0 Å². The van der Waals surface area contributed by atoms with Crippen LogP contribution in [0.15, 0.2) is 82.4 Å². The molecule has 4 nitrogen and oxygen atoms in total. The van der Waals surface area contributed by atoms with E-state index in [0.717, 1.165) is 15.7 Å². The van der Waals surface area contributed by atoms with Gasteiger partial charge in [-0.1, -0.05) is 54.6 Å². The van der Waals surface area contributed by atoms with Gasteiger partial charge in [0.2, 0.25) is 0 Å². The Balaban J connectivity index is 2.03. The second kappa shape index (κ2) is 5.77. The Hall–Kier alpha value is -2.40. The smallest absolute Gasteiger partial charge is 0.199 e. The summed E-state index contributed by atoms with van der Waals surface area (Å²) in [5.41, 5.74) is 2.29. The predicted octanol–water partition coefficient (Wildman–Crippen LogP) is 3.39. The Bertz CT molecular complexity index is 825. The molecule has 5 heteroatoms. The minimum atomic E-state index is -3.67. The molecule has 22 heavy (non-hydrogen) atoms. The van der Waals surface area contributed by atoms with Gasteiger partial charge in [-0.05, 0) is 24.6 Å². The number of hydrogen-bond acceptors (Lipinski definition) is 3. The summed E-state index contributed by atoms with van der Waals surface area (Å²) in [6.07, 6.45) is 2.51. The predicted molar refractivity (Wildman–Crippen MR) is 86.8 cm³/mol. The average Bonchev–Trinajstić information content (AvgIpc) is 2.57. The molecule has 1 heterocycles. The van der Waals surface area contributed by atoms with Crippen molar-refractivity contribution in [1.82, 2.24) is 4.41 Å². The summed E-state index contributed by atoms with van der Waals surface area (Å²) >= 11 is 0. The summed E-state index contributed by atoms with van der Waals surface area (Å²) in [5.74, 6) is 0. The molecule has 112 valence electrons. The van der Waals surface area contributed by atoms with Gasteiger partial charge in [-0.3, -0.25) is 0 Å². The molecule has 2 aromatic carbocycles. The lowest BCUT2D eigenvalue weighted by Crippen LogP contribution is -2.28. The van der Waals surface area contributed by atoms with Crippen molar-refractivity contribution < 1.29 is 8.42 Å². The molecule has 0 saturated heterocycles.